The van der Waals surface area contributed by atoms with Gasteiger partial charge in [0, 0.05) is 23.3 Å². The van der Waals surface area contributed by atoms with E-state index in [1.54, 1.807) is 22.8 Å². The molecule has 3 aromatic heterocycles. The van der Waals surface area contributed by atoms with Crippen molar-refractivity contribution in [2.75, 3.05) is 5.32 Å². The molecular weight excluding hydrogens is 367 g/mol. The zero-order valence-corrected chi connectivity index (χ0v) is 14.6. The van der Waals surface area contributed by atoms with E-state index in [-0.39, 0.29) is 5.02 Å². The molecular formula is C20H12ClFN4O. The highest BCUT2D eigenvalue weighted by Crippen LogP contribution is 2.28. The topological polar surface area (TPSA) is 55.4 Å². The van der Waals surface area contributed by atoms with Crippen molar-refractivity contribution in [1.82, 2.24) is 14.6 Å². The van der Waals surface area contributed by atoms with Gasteiger partial charge in [-0.1, -0.05) is 29.8 Å². The molecule has 0 radical (unpaired) electrons. The minimum absolute atomic E-state index is 0.0533. The molecule has 5 rings (SSSR count). The lowest BCUT2D eigenvalue weighted by Crippen LogP contribution is -1.97. The van der Waals surface area contributed by atoms with Gasteiger partial charge in [-0.3, -0.25) is 0 Å². The molecule has 132 valence electrons. The largest absolute Gasteiger partial charge is 0.454 e. The molecule has 0 spiro atoms. The van der Waals surface area contributed by atoms with Gasteiger partial charge in [0.1, 0.15) is 22.9 Å². The van der Waals surface area contributed by atoms with Crippen LogP contribution < -0.4 is 5.32 Å². The monoisotopic (exact) mass is 378 g/mol. The van der Waals surface area contributed by atoms with Gasteiger partial charge in [0.05, 0.1) is 5.02 Å². The van der Waals surface area contributed by atoms with E-state index in [1.807, 2.05) is 36.4 Å². The molecule has 0 aliphatic rings. The molecule has 3 heterocycles. The molecule has 0 saturated carbocycles. The minimum Gasteiger partial charge on any atom is -0.454 e. The van der Waals surface area contributed by atoms with E-state index in [0.717, 1.165) is 11.0 Å². The number of furan rings is 1. The van der Waals surface area contributed by atoms with E-state index in [9.17, 15) is 4.39 Å². The number of para-hydroxylation sites is 1. The maximum Gasteiger partial charge on any atom is 0.158 e. The highest BCUT2D eigenvalue weighted by Gasteiger charge is 2.11. The SMILES string of the molecule is Fc1ccc(Nc2ccn3nc(-c4cc5ccccc5o4)cc3n2)cc1Cl. The lowest BCUT2D eigenvalue weighted by molar-refractivity contribution is 0.627. The van der Waals surface area contributed by atoms with E-state index in [0.29, 0.717) is 28.6 Å². The fourth-order valence-electron chi connectivity index (χ4n) is 2.90. The van der Waals surface area contributed by atoms with Crippen LogP contribution in [-0.2, 0) is 0 Å². The van der Waals surface area contributed by atoms with Crippen LogP contribution in [0.15, 0.2) is 71.3 Å². The van der Waals surface area contributed by atoms with Gasteiger partial charge in [0.2, 0.25) is 0 Å². The van der Waals surface area contributed by atoms with Crippen LogP contribution in [-0.4, -0.2) is 14.6 Å². The number of hydrogen-bond donors (Lipinski definition) is 1. The summed E-state index contributed by atoms with van der Waals surface area (Å²) in [5.74, 6) is 0.819. The van der Waals surface area contributed by atoms with Crippen molar-refractivity contribution >= 4 is 39.7 Å². The smallest absolute Gasteiger partial charge is 0.158 e. The van der Waals surface area contributed by atoms with Crippen molar-refractivity contribution in [2.24, 2.45) is 0 Å². The molecule has 0 aliphatic heterocycles. The second kappa shape index (κ2) is 6.10. The van der Waals surface area contributed by atoms with Gasteiger partial charge in [-0.25, -0.2) is 13.9 Å². The van der Waals surface area contributed by atoms with Gasteiger partial charge in [0.15, 0.2) is 11.4 Å². The minimum atomic E-state index is -0.461. The summed E-state index contributed by atoms with van der Waals surface area (Å²) in [5.41, 5.74) is 2.81. The molecule has 5 nitrogen and oxygen atoms in total. The van der Waals surface area contributed by atoms with Gasteiger partial charge in [-0.2, -0.15) is 5.10 Å². The maximum absolute atomic E-state index is 13.3. The summed E-state index contributed by atoms with van der Waals surface area (Å²) in [6, 6.07) is 17.8. The number of fused-ring (bicyclic) bond motifs is 2. The van der Waals surface area contributed by atoms with E-state index >= 15 is 0 Å². The van der Waals surface area contributed by atoms with Crippen LogP contribution in [0.1, 0.15) is 0 Å². The molecule has 0 atom stereocenters. The van der Waals surface area contributed by atoms with Gasteiger partial charge < -0.3 is 9.73 Å². The molecule has 5 aromatic rings. The average Bonchev–Trinajstić information content (AvgIpc) is 3.28. The third-order valence-electron chi connectivity index (χ3n) is 4.19. The van der Waals surface area contributed by atoms with Crippen molar-refractivity contribution in [3.8, 4) is 11.5 Å². The fraction of sp³-hybridized carbons (Fsp3) is 0. The fourth-order valence-corrected chi connectivity index (χ4v) is 3.08. The Morgan fingerprint density at radius 1 is 1.04 bits per heavy atom. The van der Waals surface area contributed by atoms with Crippen LogP contribution in [0.5, 0.6) is 0 Å². The van der Waals surface area contributed by atoms with Crippen LogP contribution in [0.3, 0.4) is 0 Å². The van der Waals surface area contributed by atoms with Crippen molar-refractivity contribution < 1.29 is 8.81 Å². The van der Waals surface area contributed by atoms with Crippen LogP contribution in [0, 0.1) is 5.82 Å². The van der Waals surface area contributed by atoms with Gasteiger partial charge in [-0.05, 0) is 36.4 Å². The van der Waals surface area contributed by atoms with Crippen LogP contribution >= 0.6 is 11.6 Å². The number of nitrogens with one attached hydrogen (secondary N) is 1. The Hall–Kier alpha value is -3.38. The molecule has 0 saturated heterocycles. The zero-order valence-electron chi connectivity index (χ0n) is 13.9. The molecule has 0 unspecified atom stereocenters. The predicted molar refractivity (Wildman–Crippen MR) is 103 cm³/mol. The Balaban J connectivity index is 1.49. The first-order valence-electron chi connectivity index (χ1n) is 8.23. The van der Waals surface area contributed by atoms with E-state index in [4.69, 9.17) is 16.0 Å². The standard InChI is InChI=1S/C20H12ClFN4O/c21-14-10-13(5-6-15(14)22)23-19-7-8-26-20(24-19)11-16(25-26)18-9-12-3-1-2-4-17(12)27-18/h1-11H,(H,23,24). The molecule has 7 heteroatoms. The van der Waals surface area contributed by atoms with E-state index in [1.165, 1.54) is 12.1 Å². The first-order valence-corrected chi connectivity index (χ1v) is 8.61. The van der Waals surface area contributed by atoms with E-state index < -0.39 is 5.82 Å². The Morgan fingerprint density at radius 2 is 1.93 bits per heavy atom. The maximum atomic E-state index is 13.3. The third kappa shape index (κ3) is 2.90. The Kier molecular flexibility index (Phi) is 3.58. The summed E-state index contributed by atoms with van der Waals surface area (Å²) < 4.78 is 20.8. The van der Waals surface area contributed by atoms with Crippen molar-refractivity contribution in [3.63, 3.8) is 0 Å². The molecule has 2 aromatic carbocycles. The first kappa shape index (κ1) is 15.8. The number of benzene rings is 2. The second-order valence-electron chi connectivity index (χ2n) is 6.05. The Morgan fingerprint density at radius 3 is 2.78 bits per heavy atom. The highest BCUT2D eigenvalue weighted by atomic mass is 35.5. The first-order chi connectivity index (χ1) is 13.2. The molecule has 0 amide bonds. The number of hydrogen-bond acceptors (Lipinski definition) is 4. The summed E-state index contributed by atoms with van der Waals surface area (Å²) >= 11 is 5.82. The molecule has 0 fully saturated rings. The van der Waals surface area contributed by atoms with Crippen molar-refractivity contribution in [3.05, 3.63) is 77.7 Å². The number of anilines is 2. The van der Waals surface area contributed by atoms with Gasteiger partial charge in [0.25, 0.3) is 0 Å². The van der Waals surface area contributed by atoms with Gasteiger partial charge in [-0.15, -0.1) is 0 Å². The number of halogens is 2. The lowest BCUT2D eigenvalue weighted by atomic mass is 10.2. The Bertz CT molecular complexity index is 1260. The normalized spacial score (nSPS) is 11.3. The summed E-state index contributed by atoms with van der Waals surface area (Å²) in [5, 5.41) is 8.70. The molecule has 0 aliphatic carbocycles. The van der Waals surface area contributed by atoms with Crippen molar-refractivity contribution in [1.29, 1.82) is 0 Å². The molecule has 0 bridgehead atoms. The van der Waals surface area contributed by atoms with Gasteiger partial charge >= 0.3 is 0 Å². The number of aromatic nitrogens is 3. The summed E-state index contributed by atoms with van der Waals surface area (Å²) in [6.07, 6.45) is 1.79. The zero-order chi connectivity index (χ0) is 18.4. The summed E-state index contributed by atoms with van der Waals surface area (Å²) in [7, 11) is 0. The lowest BCUT2D eigenvalue weighted by Gasteiger charge is -2.06. The quantitative estimate of drug-likeness (QED) is 0.439. The highest BCUT2D eigenvalue weighted by molar-refractivity contribution is 6.31. The molecule has 1 N–H and O–H groups in total. The number of nitrogens with zero attached hydrogens (tertiary/aromatic N) is 3. The second-order valence-corrected chi connectivity index (χ2v) is 6.45. The predicted octanol–water partition coefficient (Wildman–Crippen LogP) is 5.68. The van der Waals surface area contributed by atoms with Crippen LogP contribution in [0.4, 0.5) is 15.9 Å². The average molecular weight is 379 g/mol. The summed E-state index contributed by atoms with van der Waals surface area (Å²) in [4.78, 5) is 4.53. The van der Waals surface area contributed by atoms with Crippen LogP contribution in [0.2, 0.25) is 5.02 Å². The molecule has 27 heavy (non-hydrogen) atoms. The number of rotatable bonds is 3. The third-order valence-corrected chi connectivity index (χ3v) is 4.48. The summed E-state index contributed by atoms with van der Waals surface area (Å²) in [6.45, 7) is 0. The Labute approximate surface area is 158 Å². The van der Waals surface area contributed by atoms with E-state index in [2.05, 4.69) is 15.4 Å². The van der Waals surface area contributed by atoms with Crippen LogP contribution in [0.25, 0.3) is 28.1 Å². The van der Waals surface area contributed by atoms with Crippen molar-refractivity contribution in [2.45, 2.75) is 0 Å².